The third kappa shape index (κ3) is 3.15. The van der Waals surface area contributed by atoms with Gasteiger partial charge in [-0.05, 0) is 40.0 Å². The maximum absolute atomic E-state index is 12.0. The van der Waals surface area contributed by atoms with E-state index >= 15 is 0 Å². The second-order valence-electron chi connectivity index (χ2n) is 5.10. The Labute approximate surface area is 95.7 Å². The Morgan fingerprint density at radius 2 is 1.81 bits per heavy atom. The molecule has 0 unspecified atom stereocenters. The van der Waals surface area contributed by atoms with Gasteiger partial charge in [-0.1, -0.05) is 4.59 Å². The van der Waals surface area contributed by atoms with Gasteiger partial charge in [0.15, 0.2) is 0 Å². The van der Waals surface area contributed by atoms with Crippen molar-refractivity contribution in [3.05, 3.63) is 0 Å². The molecule has 1 aliphatic heterocycles. The van der Waals surface area contributed by atoms with Crippen LogP contribution in [0.4, 0.5) is 4.79 Å². The number of carbonyl (C=O) groups excluding carboxylic acids is 2. The molecule has 5 nitrogen and oxygen atoms in total. The van der Waals surface area contributed by atoms with Crippen LogP contribution >= 0.6 is 0 Å². The predicted octanol–water partition coefficient (Wildman–Crippen LogP) is 2.17. The molecule has 0 N–H and O–H groups in total. The summed E-state index contributed by atoms with van der Waals surface area (Å²) in [5.41, 5.74) is -0.557. The van der Waals surface area contributed by atoms with E-state index in [1.807, 2.05) is 0 Å². The van der Waals surface area contributed by atoms with E-state index in [2.05, 4.69) is 5.10 Å². The lowest BCUT2D eigenvalue weighted by molar-refractivity contribution is -0.869. The molecule has 1 heterocycles. The van der Waals surface area contributed by atoms with Crippen LogP contribution in [0.2, 0.25) is 0 Å². The number of hydrogen-bond donors (Lipinski definition) is 0. The van der Waals surface area contributed by atoms with Crippen LogP contribution in [0.1, 0.15) is 40.0 Å². The van der Waals surface area contributed by atoms with Gasteiger partial charge in [-0.25, -0.2) is 4.79 Å². The molecule has 1 rings (SSSR count). The molecule has 0 radical (unpaired) electrons. The van der Waals surface area contributed by atoms with Gasteiger partial charge in [0.2, 0.25) is 0 Å². The molecule has 0 bridgehead atoms. The topological polar surface area (TPSA) is 55.7 Å². The monoisotopic (exact) mass is 227 g/mol. The molecule has 1 amide bonds. The van der Waals surface area contributed by atoms with Crippen molar-refractivity contribution >= 4 is 12.2 Å². The number of ether oxygens (including phenoxy) is 1. The van der Waals surface area contributed by atoms with Gasteiger partial charge in [-0.3, -0.25) is 0 Å². The number of likely N-dealkylation sites (tertiary alicyclic amines) is 1. The van der Waals surface area contributed by atoms with Crippen LogP contribution in [0, 0.1) is 0 Å². The third-order valence-electron chi connectivity index (χ3n) is 2.52. The normalized spacial score (nSPS) is 19.7. The molecule has 1 aliphatic rings. The van der Waals surface area contributed by atoms with Crippen molar-refractivity contribution in [2.45, 2.75) is 45.6 Å². The molecule has 0 spiro atoms. The van der Waals surface area contributed by atoms with Crippen LogP contribution in [0.3, 0.4) is 0 Å². The Kier molecular flexibility index (Phi) is 3.83. The highest BCUT2D eigenvalue weighted by Crippen LogP contribution is 2.23. The van der Waals surface area contributed by atoms with Gasteiger partial charge in [0.1, 0.15) is 18.7 Å². The van der Waals surface area contributed by atoms with E-state index in [1.165, 1.54) is 6.08 Å². The second kappa shape index (κ2) is 4.76. The van der Waals surface area contributed by atoms with Gasteiger partial charge in [-0.2, -0.15) is 4.79 Å². The molecular formula is C11H19N2O3+. The van der Waals surface area contributed by atoms with E-state index in [0.29, 0.717) is 13.1 Å². The number of piperidine rings is 1. The first-order valence-electron chi connectivity index (χ1n) is 5.60. The zero-order valence-electron chi connectivity index (χ0n) is 10.2. The number of quaternary nitrogens is 1. The fourth-order valence-electron chi connectivity index (χ4n) is 1.78. The maximum Gasteiger partial charge on any atom is 0.544 e. The number of rotatable bonds is 1. The molecule has 0 atom stereocenters. The van der Waals surface area contributed by atoms with Gasteiger partial charge in [0, 0.05) is 5.10 Å². The average Bonchev–Trinajstić information content (AvgIpc) is 2.17. The quantitative estimate of drug-likeness (QED) is 0.392. The van der Waals surface area contributed by atoms with Gasteiger partial charge >= 0.3 is 6.09 Å². The molecule has 90 valence electrons. The lowest BCUT2D eigenvalue weighted by Crippen LogP contribution is -2.53. The van der Waals surface area contributed by atoms with E-state index in [1.54, 1.807) is 20.8 Å². The van der Waals surface area contributed by atoms with E-state index in [0.717, 1.165) is 19.3 Å². The summed E-state index contributed by atoms with van der Waals surface area (Å²) < 4.78 is 5.04. The lowest BCUT2D eigenvalue weighted by Gasteiger charge is -2.32. The Bertz CT molecular complexity index is 308. The first-order valence-corrected chi connectivity index (χ1v) is 5.60. The van der Waals surface area contributed by atoms with Gasteiger partial charge in [-0.15, -0.1) is 0 Å². The fraction of sp³-hybridized carbons (Fsp3) is 0.818. The van der Waals surface area contributed by atoms with E-state index in [4.69, 9.17) is 4.74 Å². The summed E-state index contributed by atoms with van der Waals surface area (Å²) in [6.45, 7) is 6.47. The molecule has 1 saturated heterocycles. The summed E-state index contributed by atoms with van der Waals surface area (Å²) in [5.74, 6) is 0. The number of carbonyl (C=O) groups is 1. The smallest absolute Gasteiger partial charge is 0.413 e. The van der Waals surface area contributed by atoms with Crippen LogP contribution in [0.5, 0.6) is 0 Å². The summed E-state index contributed by atoms with van der Waals surface area (Å²) in [6, 6.07) is 0. The minimum absolute atomic E-state index is 0.249. The van der Waals surface area contributed by atoms with Crippen LogP contribution in [-0.2, 0) is 9.53 Å². The third-order valence-corrected chi connectivity index (χ3v) is 2.52. The van der Waals surface area contributed by atoms with Crippen molar-refractivity contribution in [3.63, 3.8) is 0 Å². The number of amides is 1. The zero-order chi connectivity index (χ0) is 12.2. The van der Waals surface area contributed by atoms with Crippen molar-refractivity contribution in [1.82, 2.24) is 0 Å². The number of isocyanates is 1. The number of nitrogens with zero attached hydrogens (tertiary/aromatic N) is 2. The van der Waals surface area contributed by atoms with E-state index in [-0.39, 0.29) is 4.59 Å². The fourth-order valence-corrected chi connectivity index (χ4v) is 1.78. The summed E-state index contributed by atoms with van der Waals surface area (Å²) in [7, 11) is 0. The van der Waals surface area contributed by atoms with Crippen LogP contribution < -0.4 is 0 Å². The van der Waals surface area contributed by atoms with Crippen molar-refractivity contribution < 1.29 is 18.9 Å². The van der Waals surface area contributed by atoms with Gasteiger partial charge < -0.3 is 4.74 Å². The van der Waals surface area contributed by atoms with Gasteiger partial charge in [0.25, 0.3) is 6.08 Å². The van der Waals surface area contributed by atoms with Crippen LogP contribution in [-0.4, -0.2) is 35.5 Å². The first kappa shape index (κ1) is 12.9. The lowest BCUT2D eigenvalue weighted by atomic mass is 10.1. The second-order valence-corrected chi connectivity index (χ2v) is 5.10. The molecule has 16 heavy (non-hydrogen) atoms. The summed E-state index contributed by atoms with van der Waals surface area (Å²) >= 11 is 0. The molecule has 1 fully saturated rings. The van der Waals surface area contributed by atoms with Crippen molar-refractivity contribution in [2.75, 3.05) is 13.1 Å². The standard InChI is InChI=1S/C11H19N2O3/c1-11(2,3)16-10(15)13(12-9-14)7-5-4-6-8-13/h4-8H2,1-3H3/q+1. The average molecular weight is 227 g/mol. The molecule has 0 aromatic heterocycles. The Balaban J connectivity index is 2.84. The largest absolute Gasteiger partial charge is 0.544 e. The highest BCUT2D eigenvalue weighted by molar-refractivity contribution is 5.60. The summed E-state index contributed by atoms with van der Waals surface area (Å²) in [6.07, 6.45) is 3.87. The van der Waals surface area contributed by atoms with Crippen molar-refractivity contribution in [1.29, 1.82) is 0 Å². The highest BCUT2D eigenvalue weighted by atomic mass is 16.6. The van der Waals surface area contributed by atoms with Crippen molar-refractivity contribution in [2.24, 2.45) is 5.10 Å². The minimum Gasteiger partial charge on any atom is -0.413 e. The van der Waals surface area contributed by atoms with E-state index in [9.17, 15) is 9.59 Å². The minimum atomic E-state index is -0.557. The molecule has 0 aliphatic carbocycles. The molecular weight excluding hydrogens is 208 g/mol. The maximum atomic E-state index is 12.0. The molecule has 0 saturated carbocycles. The molecule has 0 aromatic rings. The first-order chi connectivity index (χ1) is 7.40. The van der Waals surface area contributed by atoms with Crippen LogP contribution in [0.25, 0.3) is 0 Å². The molecule has 0 aromatic carbocycles. The van der Waals surface area contributed by atoms with Crippen molar-refractivity contribution in [3.8, 4) is 0 Å². The predicted molar refractivity (Wildman–Crippen MR) is 58.2 cm³/mol. The van der Waals surface area contributed by atoms with Crippen LogP contribution in [0.15, 0.2) is 5.10 Å². The Morgan fingerprint density at radius 3 is 2.25 bits per heavy atom. The summed E-state index contributed by atoms with van der Waals surface area (Å²) in [5, 5.41) is 3.66. The Hall–Kier alpha value is -1.19. The summed E-state index contributed by atoms with van der Waals surface area (Å²) in [4.78, 5) is 22.4. The SMILES string of the molecule is CC(C)(C)OC(=O)[N+]1(N=C=O)CCCCC1. The van der Waals surface area contributed by atoms with E-state index < -0.39 is 11.7 Å². The molecule has 5 heteroatoms. The Morgan fingerprint density at radius 1 is 1.25 bits per heavy atom. The van der Waals surface area contributed by atoms with Gasteiger partial charge in [0.05, 0.1) is 0 Å². The number of hydrogen-bond acceptors (Lipinski definition) is 4. The highest BCUT2D eigenvalue weighted by Gasteiger charge is 2.43. The zero-order valence-corrected chi connectivity index (χ0v) is 10.2.